The third-order valence-corrected chi connectivity index (χ3v) is 14.3. The first-order valence-corrected chi connectivity index (χ1v) is 25.1. The second-order valence-electron chi connectivity index (χ2n) is 17.5. The summed E-state index contributed by atoms with van der Waals surface area (Å²) in [6.45, 7) is 3.98. The number of thiophene rings is 1. The number of hydrogen-bond acceptors (Lipinski definition) is 6. The van der Waals surface area contributed by atoms with Crippen LogP contribution in [0.2, 0.25) is 0 Å². The largest absolute Gasteiger partial charge is 0.462 e. The van der Waals surface area contributed by atoms with Crippen LogP contribution in [0.15, 0.2) is 237 Å². The molecule has 11 aromatic rings. The summed E-state index contributed by atoms with van der Waals surface area (Å²) >= 11 is 1.82. The molecule has 6 heteroatoms. The highest BCUT2D eigenvalue weighted by Gasteiger charge is 2.25. The van der Waals surface area contributed by atoms with Crippen LogP contribution in [0.5, 0.6) is 0 Å². The number of carbonyl (C=O) groups excluding carboxylic acids is 2. The van der Waals surface area contributed by atoms with Crippen molar-refractivity contribution in [2.45, 2.75) is 13.8 Å². The van der Waals surface area contributed by atoms with Crippen LogP contribution in [-0.2, 0) is 9.47 Å². The van der Waals surface area contributed by atoms with E-state index in [1.165, 1.54) is 31.3 Å². The van der Waals surface area contributed by atoms with Crippen molar-refractivity contribution in [2.75, 3.05) is 18.1 Å². The van der Waals surface area contributed by atoms with Gasteiger partial charge in [0.2, 0.25) is 0 Å². The standard InChI is InChI=1S/C66H49NO4S/c1-3-70-65(68)61-43-60(56-20-12-11-19-55(56)49-17-9-6-10-18-49)62(66(69)71-4-2)42-59(61)50-31-38-54(39-32-50)67(52-34-27-47(28-35-52)46-25-23-45(24-26-46)44-15-7-5-8-16-44)53-36-29-48(30-37-53)51-33-40-58-57-21-13-14-22-63(57)72-64(58)41-51/h5-43H,3-4H2,1-2H3. The third-order valence-electron chi connectivity index (χ3n) is 13.2. The van der Waals surface area contributed by atoms with Gasteiger partial charge in [-0.05, 0) is 141 Å². The molecule has 1 heterocycles. The quantitative estimate of drug-likeness (QED) is 0.108. The van der Waals surface area contributed by atoms with Crippen LogP contribution >= 0.6 is 11.3 Å². The number of esters is 2. The fraction of sp³-hybridized carbons (Fsp3) is 0.0606. The van der Waals surface area contributed by atoms with Crippen molar-refractivity contribution >= 4 is 60.5 Å². The van der Waals surface area contributed by atoms with Gasteiger partial charge in [0.05, 0.1) is 24.3 Å². The SMILES string of the molecule is CCOC(=O)c1cc(-c2ccccc2-c2ccccc2)c(C(=O)OCC)cc1-c1ccc(N(c2ccc(-c3ccc(-c4ccccc4)cc3)cc2)c2ccc(-c3ccc4c(c3)sc3ccccc34)cc2)cc1. The lowest BCUT2D eigenvalue weighted by atomic mass is 9.87. The molecule has 0 radical (unpaired) electrons. The van der Waals surface area contributed by atoms with Gasteiger partial charge < -0.3 is 14.4 Å². The van der Waals surface area contributed by atoms with Gasteiger partial charge in [-0.3, -0.25) is 0 Å². The summed E-state index contributed by atoms with van der Waals surface area (Å²) in [5, 5.41) is 2.56. The lowest BCUT2D eigenvalue weighted by Gasteiger charge is -2.26. The van der Waals surface area contributed by atoms with Crippen molar-refractivity contribution in [1.82, 2.24) is 0 Å². The monoisotopic (exact) mass is 951 g/mol. The van der Waals surface area contributed by atoms with Gasteiger partial charge in [0.15, 0.2) is 0 Å². The Bertz CT molecular complexity index is 3720. The summed E-state index contributed by atoms with van der Waals surface area (Å²) in [6, 6.07) is 81.5. The van der Waals surface area contributed by atoms with Gasteiger partial charge in [0.25, 0.3) is 0 Å². The molecule has 0 saturated carbocycles. The molecular formula is C66H49NO4S. The molecular weight excluding hydrogens is 903 g/mol. The van der Waals surface area contributed by atoms with E-state index in [0.717, 1.165) is 61.6 Å². The van der Waals surface area contributed by atoms with E-state index in [1.807, 2.05) is 84.1 Å². The second kappa shape index (κ2) is 20.2. The normalized spacial score (nSPS) is 11.1. The van der Waals surface area contributed by atoms with Gasteiger partial charge >= 0.3 is 11.9 Å². The second-order valence-corrected chi connectivity index (χ2v) is 18.6. The number of rotatable bonds is 13. The lowest BCUT2D eigenvalue weighted by Crippen LogP contribution is -2.12. The smallest absolute Gasteiger partial charge is 0.338 e. The highest BCUT2D eigenvalue weighted by atomic mass is 32.1. The van der Waals surface area contributed by atoms with Crippen LogP contribution in [-0.4, -0.2) is 25.2 Å². The third kappa shape index (κ3) is 9.08. The molecule has 0 spiro atoms. The Balaban J connectivity index is 0.989. The maximum atomic E-state index is 14.0. The van der Waals surface area contributed by atoms with Gasteiger partial charge in [-0.15, -0.1) is 11.3 Å². The predicted octanol–water partition coefficient (Wildman–Crippen LogP) is 17.9. The minimum absolute atomic E-state index is 0.192. The molecule has 5 nitrogen and oxygen atoms in total. The van der Waals surface area contributed by atoms with Crippen LogP contribution in [0.25, 0.3) is 86.9 Å². The molecule has 1 aromatic heterocycles. The van der Waals surface area contributed by atoms with Crippen LogP contribution < -0.4 is 4.90 Å². The minimum atomic E-state index is -0.478. The first-order valence-electron chi connectivity index (χ1n) is 24.3. The number of benzene rings is 10. The van der Waals surface area contributed by atoms with Crippen LogP contribution in [0.3, 0.4) is 0 Å². The molecule has 11 rings (SSSR count). The van der Waals surface area contributed by atoms with Crippen molar-refractivity contribution in [2.24, 2.45) is 0 Å². The Kier molecular flexibility index (Phi) is 12.8. The number of hydrogen-bond donors (Lipinski definition) is 0. The Hall–Kier alpha value is -8.84. The average Bonchev–Trinajstić information content (AvgIpc) is 3.82. The Morgan fingerprint density at radius 2 is 0.736 bits per heavy atom. The molecule has 0 N–H and O–H groups in total. The topological polar surface area (TPSA) is 55.8 Å². The fourth-order valence-corrected chi connectivity index (χ4v) is 10.8. The van der Waals surface area contributed by atoms with Crippen molar-refractivity contribution in [3.8, 4) is 66.8 Å². The van der Waals surface area contributed by atoms with Gasteiger partial charge in [-0.2, -0.15) is 0 Å². The highest BCUT2D eigenvalue weighted by Crippen LogP contribution is 2.42. The van der Waals surface area contributed by atoms with E-state index in [2.05, 4.69) is 157 Å². The number of fused-ring (bicyclic) bond motifs is 3. The molecule has 348 valence electrons. The predicted molar refractivity (Wildman–Crippen MR) is 299 cm³/mol. The molecule has 0 saturated heterocycles. The van der Waals surface area contributed by atoms with E-state index < -0.39 is 11.9 Å². The Morgan fingerprint density at radius 1 is 0.347 bits per heavy atom. The molecule has 10 aromatic carbocycles. The van der Waals surface area contributed by atoms with Crippen LogP contribution in [0, 0.1) is 0 Å². The summed E-state index contributed by atoms with van der Waals surface area (Å²) < 4.78 is 13.9. The van der Waals surface area contributed by atoms with Crippen molar-refractivity contribution in [1.29, 1.82) is 0 Å². The van der Waals surface area contributed by atoms with Gasteiger partial charge in [-0.25, -0.2) is 9.59 Å². The molecule has 72 heavy (non-hydrogen) atoms. The molecule has 0 aliphatic heterocycles. The summed E-state index contributed by atoms with van der Waals surface area (Å²) in [7, 11) is 0. The van der Waals surface area contributed by atoms with E-state index in [4.69, 9.17) is 9.47 Å². The Morgan fingerprint density at radius 3 is 1.31 bits per heavy atom. The molecule has 0 aliphatic carbocycles. The maximum absolute atomic E-state index is 14.0. The van der Waals surface area contributed by atoms with E-state index in [0.29, 0.717) is 22.3 Å². The maximum Gasteiger partial charge on any atom is 0.338 e. The summed E-state index contributed by atoms with van der Waals surface area (Å²) in [6.07, 6.45) is 0. The van der Waals surface area contributed by atoms with Gasteiger partial charge in [0.1, 0.15) is 0 Å². The molecule has 0 bridgehead atoms. The first kappa shape index (κ1) is 45.6. The summed E-state index contributed by atoms with van der Waals surface area (Å²) in [5.74, 6) is -0.953. The Labute approximate surface area is 423 Å². The summed E-state index contributed by atoms with van der Waals surface area (Å²) in [4.78, 5) is 30.3. The van der Waals surface area contributed by atoms with E-state index in [-0.39, 0.29) is 13.2 Å². The molecule has 0 aliphatic rings. The molecule has 0 amide bonds. The number of nitrogens with zero attached hydrogens (tertiary/aromatic N) is 1. The van der Waals surface area contributed by atoms with E-state index >= 15 is 0 Å². The van der Waals surface area contributed by atoms with E-state index in [9.17, 15) is 9.59 Å². The molecule has 0 fully saturated rings. The summed E-state index contributed by atoms with van der Waals surface area (Å²) in [5.41, 5.74) is 15.1. The van der Waals surface area contributed by atoms with Crippen LogP contribution in [0.1, 0.15) is 34.6 Å². The first-order chi connectivity index (χ1) is 35.4. The number of anilines is 3. The minimum Gasteiger partial charge on any atom is -0.462 e. The lowest BCUT2D eigenvalue weighted by molar-refractivity contribution is 0.0513. The number of ether oxygens (including phenoxy) is 2. The average molecular weight is 952 g/mol. The van der Waals surface area contributed by atoms with Crippen molar-refractivity contribution in [3.63, 3.8) is 0 Å². The van der Waals surface area contributed by atoms with Gasteiger partial charge in [0, 0.05) is 37.2 Å². The zero-order chi connectivity index (χ0) is 49.0. The van der Waals surface area contributed by atoms with Gasteiger partial charge in [-0.1, -0.05) is 176 Å². The van der Waals surface area contributed by atoms with Crippen molar-refractivity contribution < 1.29 is 19.1 Å². The van der Waals surface area contributed by atoms with Crippen LogP contribution in [0.4, 0.5) is 17.1 Å². The molecule has 0 unspecified atom stereocenters. The highest BCUT2D eigenvalue weighted by molar-refractivity contribution is 7.25. The fourth-order valence-electron chi connectivity index (χ4n) is 9.64. The molecule has 0 atom stereocenters. The zero-order valence-corrected chi connectivity index (χ0v) is 40.7. The van der Waals surface area contributed by atoms with E-state index in [1.54, 1.807) is 26.0 Å². The zero-order valence-electron chi connectivity index (χ0n) is 39.9. The number of carbonyl (C=O) groups is 2. The van der Waals surface area contributed by atoms with Crippen molar-refractivity contribution in [3.05, 3.63) is 248 Å².